The van der Waals surface area contributed by atoms with Crippen molar-refractivity contribution in [2.24, 2.45) is 17.8 Å². The van der Waals surface area contributed by atoms with E-state index >= 15 is 0 Å². The Bertz CT molecular complexity index is 239. The van der Waals surface area contributed by atoms with Gasteiger partial charge in [0.25, 0.3) is 0 Å². The van der Waals surface area contributed by atoms with E-state index < -0.39 is 12.1 Å². The molecule has 80 valence electrons. The summed E-state index contributed by atoms with van der Waals surface area (Å²) in [5.41, 5.74) is 0. The maximum Gasteiger partial charge on any atom is 0.490 e. The fourth-order valence-electron chi connectivity index (χ4n) is 2.47. The van der Waals surface area contributed by atoms with Crippen molar-refractivity contribution < 1.29 is 22.7 Å². The summed E-state index contributed by atoms with van der Waals surface area (Å²) < 4.78 is 39.4. The lowest BCUT2D eigenvalue weighted by Gasteiger charge is -2.07. The van der Waals surface area contributed by atoms with Crippen LogP contribution in [0.4, 0.5) is 13.2 Å². The van der Waals surface area contributed by atoms with Crippen LogP contribution in [0.25, 0.3) is 0 Å². The number of rotatable bonds is 2. The largest absolute Gasteiger partial charge is 0.490 e. The Morgan fingerprint density at radius 1 is 1.29 bits per heavy atom. The average Bonchev–Trinajstić information content (AvgIpc) is 2.56. The first-order chi connectivity index (χ1) is 6.50. The summed E-state index contributed by atoms with van der Waals surface area (Å²) >= 11 is 0. The average molecular weight is 208 g/mol. The van der Waals surface area contributed by atoms with Gasteiger partial charge in [-0.25, -0.2) is 4.79 Å². The molecule has 2 saturated carbocycles. The number of halogens is 3. The van der Waals surface area contributed by atoms with Crippen molar-refractivity contribution in [3.05, 3.63) is 0 Å². The van der Waals surface area contributed by atoms with Gasteiger partial charge in [-0.1, -0.05) is 6.42 Å². The number of carbonyl (C=O) groups is 1. The van der Waals surface area contributed by atoms with E-state index in [0.717, 1.165) is 12.8 Å². The first-order valence-electron chi connectivity index (χ1n) is 4.74. The molecule has 2 nitrogen and oxygen atoms in total. The second kappa shape index (κ2) is 3.14. The standard InChI is InChI=1S/C9H11F3O2/c10-9(11,12)8(13)14-4-7-5-2-1-3-6(5)7/h5-7H,1-4H2. The monoisotopic (exact) mass is 208 g/mol. The lowest BCUT2D eigenvalue weighted by molar-refractivity contribution is -0.200. The SMILES string of the molecule is O=C(OCC1C2CCCC21)C(F)(F)F. The summed E-state index contributed by atoms with van der Waals surface area (Å²) in [5.74, 6) is -0.801. The first-order valence-corrected chi connectivity index (χ1v) is 4.74. The maximum absolute atomic E-state index is 11.7. The molecule has 2 fully saturated rings. The zero-order valence-electron chi connectivity index (χ0n) is 7.51. The van der Waals surface area contributed by atoms with Crippen molar-refractivity contribution in [2.75, 3.05) is 6.61 Å². The van der Waals surface area contributed by atoms with Crippen LogP contribution in [0.5, 0.6) is 0 Å². The predicted molar refractivity (Wildman–Crippen MR) is 41.3 cm³/mol. The summed E-state index contributed by atoms with van der Waals surface area (Å²) in [7, 11) is 0. The van der Waals surface area contributed by atoms with E-state index in [0.29, 0.717) is 11.8 Å². The van der Waals surface area contributed by atoms with Gasteiger partial charge in [-0.3, -0.25) is 0 Å². The topological polar surface area (TPSA) is 26.3 Å². The van der Waals surface area contributed by atoms with Gasteiger partial charge in [0.05, 0.1) is 6.61 Å². The molecule has 0 aromatic carbocycles. The number of alkyl halides is 3. The fraction of sp³-hybridized carbons (Fsp3) is 0.889. The van der Waals surface area contributed by atoms with Gasteiger partial charge < -0.3 is 4.74 Å². The van der Waals surface area contributed by atoms with E-state index in [9.17, 15) is 18.0 Å². The molecule has 14 heavy (non-hydrogen) atoms. The summed E-state index contributed by atoms with van der Waals surface area (Å²) in [4.78, 5) is 10.4. The lowest BCUT2D eigenvalue weighted by atomic mass is 10.2. The third-order valence-corrected chi connectivity index (χ3v) is 3.22. The van der Waals surface area contributed by atoms with Gasteiger partial charge in [-0.2, -0.15) is 13.2 Å². The van der Waals surface area contributed by atoms with Crippen LogP contribution >= 0.6 is 0 Å². The molecular formula is C9H11F3O2. The Kier molecular flexibility index (Phi) is 2.20. The van der Waals surface area contributed by atoms with Crippen molar-refractivity contribution in [3.63, 3.8) is 0 Å². The molecule has 2 aliphatic rings. The highest BCUT2D eigenvalue weighted by Gasteiger charge is 2.53. The van der Waals surface area contributed by atoms with E-state index in [-0.39, 0.29) is 12.5 Å². The van der Waals surface area contributed by atoms with Gasteiger partial charge in [-0.05, 0) is 30.6 Å². The summed E-state index contributed by atoms with van der Waals surface area (Å²) in [6, 6.07) is 0. The van der Waals surface area contributed by atoms with Crippen molar-refractivity contribution in [2.45, 2.75) is 25.4 Å². The number of hydrogen-bond acceptors (Lipinski definition) is 2. The molecule has 0 amide bonds. The normalized spacial score (nSPS) is 35.2. The Morgan fingerprint density at radius 3 is 2.36 bits per heavy atom. The summed E-state index contributed by atoms with van der Waals surface area (Å²) in [5, 5.41) is 0. The highest BCUT2D eigenvalue weighted by molar-refractivity contribution is 5.75. The molecule has 0 aromatic heterocycles. The number of hydrogen-bond donors (Lipinski definition) is 0. The van der Waals surface area contributed by atoms with Gasteiger partial charge in [-0.15, -0.1) is 0 Å². The van der Waals surface area contributed by atoms with Crippen LogP contribution in [0.2, 0.25) is 0 Å². The van der Waals surface area contributed by atoms with Crippen LogP contribution in [0.15, 0.2) is 0 Å². The zero-order valence-corrected chi connectivity index (χ0v) is 7.51. The predicted octanol–water partition coefficient (Wildman–Crippen LogP) is 2.14. The van der Waals surface area contributed by atoms with Crippen molar-refractivity contribution in [1.82, 2.24) is 0 Å². The van der Waals surface area contributed by atoms with Crippen LogP contribution in [0, 0.1) is 17.8 Å². The fourth-order valence-corrected chi connectivity index (χ4v) is 2.47. The highest BCUT2D eigenvalue weighted by atomic mass is 19.4. The third-order valence-electron chi connectivity index (χ3n) is 3.22. The van der Waals surface area contributed by atoms with E-state index in [2.05, 4.69) is 4.74 Å². The summed E-state index contributed by atoms with van der Waals surface area (Å²) in [6.45, 7) is -0.0479. The van der Waals surface area contributed by atoms with Crippen LogP contribution in [0.1, 0.15) is 19.3 Å². The number of ether oxygens (including phenoxy) is 1. The molecule has 0 radical (unpaired) electrons. The van der Waals surface area contributed by atoms with Gasteiger partial charge in [0.1, 0.15) is 0 Å². The number of carbonyl (C=O) groups excluding carboxylic acids is 1. The van der Waals surface area contributed by atoms with E-state index in [4.69, 9.17) is 0 Å². The van der Waals surface area contributed by atoms with Gasteiger partial charge in [0.2, 0.25) is 0 Å². The quantitative estimate of drug-likeness (QED) is 0.650. The van der Waals surface area contributed by atoms with Crippen molar-refractivity contribution >= 4 is 5.97 Å². The van der Waals surface area contributed by atoms with Gasteiger partial charge in [0.15, 0.2) is 0 Å². The zero-order chi connectivity index (χ0) is 10.3. The minimum Gasteiger partial charge on any atom is -0.459 e. The molecule has 0 spiro atoms. The van der Waals surface area contributed by atoms with E-state index in [1.165, 1.54) is 6.42 Å². The Hall–Kier alpha value is -0.740. The van der Waals surface area contributed by atoms with Crippen molar-refractivity contribution in [1.29, 1.82) is 0 Å². The highest BCUT2D eigenvalue weighted by Crippen LogP contribution is 2.57. The van der Waals surface area contributed by atoms with Crippen LogP contribution in [-0.2, 0) is 9.53 Å². The van der Waals surface area contributed by atoms with Crippen LogP contribution in [-0.4, -0.2) is 18.8 Å². The van der Waals surface area contributed by atoms with E-state index in [1.54, 1.807) is 0 Å². The molecule has 2 rings (SSSR count). The maximum atomic E-state index is 11.7. The second-order valence-electron chi connectivity index (χ2n) is 4.02. The third kappa shape index (κ3) is 1.72. The molecule has 0 saturated heterocycles. The minimum atomic E-state index is -4.84. The first kappa shape index (κ1) is 9.80. The molecule has 2 aliphatic carbocycles. The Labute approximate surface area is 79.4 Å². The molecular weight excluding hydrogens is 197 g/mol. The number of esters is 1. The van der Waals surface area contributed by atoms with Crippen LogP contribution < -0.4 is 0 Å². The molecule has 0 bridgehead atoms. The smallest absolute Gasteiger partial charge is 0.459 e. The van der Waals surface area contributed by atoms with Crippen molar-refractivity contribution in [3.8, 4) is 0 Å². The molecule has 0 N–H and O–H groups in total. The molecule has 0 aliphatic heterocycles. The summed E-state index contributed by atoms with van der Waals surface area (Å²) in [6.07, 6.45) is -1.51. The minimum absolute atomic E-state index is 0.0479. The molecule has 5 heteroatoms. The van der Waals surface area contributed by atoms with Gasteiger partial charge in [0, 0.05) is 0 Å². The molecule has 0 aromatic rings. The second-order valence-corrected chi connectivity index (χ2v) is 4.02. The number of fused-ring (bicyclic) bond motifs is 1. The lowest BCUT2D eigenvalue weighted by Crippen LogP contribution is -2.26. The Morgan fingerprint density at radius 2 is 1.86 bits per heavy atom. The Balaban J connectivity index is 1.72. The molecule has 2 unspecified atom stereocenters. The molecule has 0 heterocycles. The van der Waals surface area contributed by atoms with Gasteiger partial charge >= 0.3 is 12.1 Å². The van der Waals surface area contributed by atoms with E-state index in [1.807, 2.05) is 0 Å². The molecule has 2 atom stereocenters. The van der Waals surface area contributed by atoms with Crippen LogP contribution in [0.3, 0.4) is 0 Å².